The van der Waals surface area contributed by atoms with E-state index in [0.29, 0.717) is 43.2 Å². The molecular formula is C27H32F3N7OS. The van der Waals surface area contributed by atoms with E-state index in [0.717, 1.165) is 48.1 Å². The Morgan fingerprint density at radius 2 is 1.87 bits per heavy atom. The summed E-state index contributed by atoms with van der Waals surface area (Å²) in [6, 6.07) is 4.25. The van der Waals surface area contributed by atoms with Crippen LogP contribution in [0.3, 0.4) is 0 Å². The van der Waals surface area contributed by atoms with Crippen molar-refractivity contribution in [2.45, 2.75) is 44.7 Å². The number of nitrogens with zero attached hydrogens (tertiary/aromatic N) is 5. The molecule has 8 nitrogen and oxygen atoms in total. The Balaban J connectivity index is 1.29. The van der Waals surface area contributed by atoms with Gasteiger partial charge in [0, 0.05) is 79.2 Å². The minimum absolute atomic E-state index is 0.161. The Morgan fingerprint density at radius 1 is 1.13 bits per heavy atom. The fraction of sp³-hybridized carbons (Fsp3) is 0.444. The third-order valence-corrected chi connectivity index (χ3v) is 8.38. The van der Waals surface area contributed by atoms with Crippen LogP contribution in [0.1, 0.15) is 43.9 Å². The van der Waals surface area contributed by atoms with Crippen LogP contribution in [0.2, 0.25) is 0 Å². The van der Waals surface area contributed by atoms with Crippen molar-refractivity contribution in [1.82, 2.24) is 24.7 Å². The van der Waals surface area contributed by atoms with Gasteiger partial charge in [0.15, 0.2) is 0 Å². The van der Waals surface area contributed by atoms with Gasteiger partial charge in [-0.05, 0) is 56.3 Å². The molecule has 5 rings (SSSR count). The van der Waals surface area contributed by atoms with E-state index in [1.54, 1.807) is 23.8 Å². The normalized spacial score (nSPS) is 18.5. The molecule has 1 aromatic carbocycles. The third kappa shape index (κ3) is 6.57. The zero-order valence-electron chi connectivity index (χ0n) is 22.0. The number of likely N-dealkylation sites (tertiary alicyclic amines) is 1. The molecule has 1 atom stereocenters. The standard InChI is InChI=1S/C27H32F3N7OS/c1-35(2)21-3-5-36(14-21)12-17-7-19(27(28,29)30)9-20(8-17)34-25(38)23-16-39-24-15-37(6-4-22(23)24)13-18-10-32-26(31)33-11-18/h7-11,16,21H,3-6,12-15H2,1-2H3,(H,34,38)(H2,31,32,33)/t21-/m1/s1. The molecule has 0 aliphatic carbocycles. The highest BCUT2D eigenvalue weighted by Crippen LogP contribution is 2.34. The van der Waals surface area contributed by atoms with Gasteiger partial charge in [0.05, 0.1) is 11.1 Å². The summed E-state index contributed by atoms with van der Waals surface area (Å²) in [5.74, 6) is -0.150. The van der Waals surface area contributed by atoms with E-state index in [2.05, 4.69) is 30.0 Å². The number of hydrogen-bond acceptors (Lipinski definition) is 8. The quantitative estimate of drug-likeness (QED) is 0.451. The molecule has 1 fully saturated rings. The number of aromatic nitrogens is 2. The average Bonchev–Trinajstić information content (AvgIpc) is 3.52. The highest BCUT2D eigenvalue weighted by Gasteiger charge is 2.32. The molecule has 2 aromatic heterocycles. The van der Waals surface area contributed by atoms with E-state index < -0.39 is 11.7 Å². The summed E-state index contributed by atoms with van der Waals surface area (Å²) in [6.07, 6.45) is 0.558. The molecule has 208 valence electrons. The number of nitrogens with one attached hydrogen (secondary N) is 1. The van der Waals surface area contributed by atoms with Gasteiger partial charge in [-0.3, -0.25) is 14.6 Å². The minimum Gasteiger partial charge on any atom is -0.368 e. The smallest absolute Gasteiger partial charge is 0.368 e. The lowest BCUT2D eigenvalue weighted by atomic mass is 10.0. The second-order valence-electron chi connectivity index (χ2n) is 10.5. The number of likely N-dealkylation sites (N-methyl/N-ethyl adjacent to an activating group) is 1. The number of rotatable bonds is 7. The van der Waals surface area contributed by atoms with Crippen LogP contribution in [0, 0.1) is 0 Å². The maximum Gasteiger partial charge on any atom is 0.416 e. The van der Waals surface area contributed by atoms with Gasteiger partial charge in [0.2, 0.25) is 5.95 Å². The fourth-order valence-corrected chi connectivity index (χ4v) is 6.39. The van der Waals surface area contributed by atoms with Gasteiger partial charge in [-0.2, -0.15) is 13.2 Å². The molecular weight excluding hydrogens is 527 g/mol. The van der Waals surface area contributed by atoms with Crippen molar-refractivity contribution in [2.24, 2.45) is 0 Å². The van der Waals surface area contributed by atoms with Gasteiger partial charge in [0.25, 0.3) is 5.91 Å². The predicted octanol–water partition coefficient (Wildman–Crippen LogP) is 4.09. The first kappa shape index (κ1) is 27.5. The van der Waals surface area contributed by atoms with Crippen LogP contribution in [0.5, 0.6) is 0 Å². The van der Waals surface area contributed by atoms with E-state index in [4.69, 9.17) is 5.73 Å². The molecule has 0 saturated carbocycles. The molecule has 1 amide bonds. The summed E-state index contributed by atoms with van der Waals surface area (Å²) in [5.41, 5.74) is 7.95. The molecule has 0 bridgehead atoms. The number of nitrogen functional groups attached to an aromatic ring is 1. The summed E-state index contributed by atoms with van der Waals surface area (Å²) >= 11 is 1.50. The maximum atomic E-state index is 13.7. The van der Waals surface area contributed by atoms with Gasteiger partial charge in [0.1, 0.15) is 0 Å². The number of alkyl halides is 3. The second kappa shape index (κ2) is 11.2. The Labute approximate surface area is 229 Å². The van der Waals surface area contributed by atoms with Crippen LogP contribution >= 0.6 is 11.3 Å². The van der Waals surface area contributed by atoms with Gasteiger partial charge < -0.3 is 16.0 Å². The van der Waals surface area contributed by atoms with E-state index in [9.17, 15) is 18.0 Å². The topological polar surface area (TPSA) is 90.6 Å². The number of halogens is 3. The second-order valence-corrected chi connectivity index (χ2v) is 11.4. The van der Waals surface area contributed by atoms with Crippen molar-refractivity contribution in [2.75, 3.05) is 44.8 Å². The summed E-state index contributed by atoms with van der Waals surface area (Å²) < 4.78 is 41.2. The zero-order chi connectivity index (χ0) is 27.7. The molecule has 0 radical (unpaired) electrons. The molecule has 0 unspecified atom stereocenters. The van der Waals surface area contributed by atoms with E-state index in [-0.39, 0.29) is 17.5 Å². The van der Waals surface area contributed by atoms with Gasteiger partial charge >= 0.3 is 6.18 Å². The minimum atomic E-state index is -4.51. The number of fused-ring (bicyclic) bond motifs is 1. The summed E-state index contributed by atoms with van der Waals surface area (Å²) in [7, 11) is 4.03. The third-order valence-electron chi connectivity index (χ3n) is 7.36. The monoisotopic (exact) mass is 559 g/mol. The lowest BCUT2D eigenvalue weighted by Crippen LogP contribution is -2.31. The lowest BCUT2D eigenvalue weighted by Gasteiger charge is -2.27. The lowest BCUT2D eigenvalue weighted by molar-refractivity contribution is -0.137. The Hall–Kier alpha value is -3.06. The first-order valence-electron chi connectivity index (χ1n) is 12.8. The van der Waals surface area contributed by atoms with Crippen LogP contribution in [0.15, 0.2) is 36.0 Å². The van der Waals surface area contributed by atoms with Crippen molar-refractivity contribution in [3.63, 3.8) is 0 Å². The van der Waals surface area contributed by atoms with Crippen molar-refractivity contribution in [3.05, 3.63) is 68.7 Å². The molecule has 3 aromatic rings. The van der Waals surface area contributed by atoms with Crippen LogP contribution in [0.25, 0.3) is 0 Å². The molecule has 12 heteroatoms. The molecule has 2 aliphatic heterocycles. The zero-order valence-corrected chi connectivity index (χ0v) is 22.8. The number of carbonyl (C=O) groups is 1. The summed E-state index contributed by atoms with van der Waals surface area (Å²) in [4.78, 5) is 28.9. The SMILES string of the molecule is CN(C)[C@@H]1CCN(Cc2cc(NC(=O)c3csc4c3CCN(Cc3cnc(N)nc3)C4)cc(C(F)(F)F)c2)C1. The molecule has 4 heterocycles. The first-order valence-corrected chi connectivity index (χ1v) is 13.7. The van der Waals surface area contributed by atoms with Gasteiger partial charge in [-0.25, -0.2) is 9.97 Å². The van der Waals surface area contributed by atoms with Crippen molar-refractivity contribution in [3.8, 4) is 0 Å². The Bertz CT molecular complexity index is 1330. The fourth-order valence-electron chi connectivity index (χ4n) is 5.26. The maximum absolute atomic E-state index is 13.7. The summed E-state index contributed by atoms with van der Waals surface area (Å²) in [6.45, 7) is 4.11. The van der Waals surface area contributed by atoms with Crippen molar-refractivity contribution in [1.29, 1.82) is 0 Å². The van der Waals surface area contributed by atoms with Crippen LogP contribution < -0.4 is 11.1 Å². The largest absolute Gasteiger partial charge is 0.416 e. The number of carbonyl (C=O) groups excluding carboxylic acids is 1. The average molecular weight is 560 g/mol. The van der Waals surface area contributed by atoms with Gasteiger partial charge in [-0.1, -0.05) is 0 Å². The highest BCUT2D eigenvalue weighted by atomic mass is 32.1. The summed E-state index contributed by atoms with van der Waals surface area (Å²) in [5, 5.41) is 4.56. The Morgan fingerprint density at radius 3 is 2.56 bits per heavy atom. The number of hydrogen-bond donors (Lipinski definition) is 2. The van der Waals surface area contributed by atoms with Gasteiger partial charge in [-0.15, -0.1) is 11.3 Å². The predicted molar refractivity (Wildman–Crippen MR) is 145 cm³/mol. The highest BCUT2D eigenvalue weighted by molar-refractivity contribution is 7.10. The molecule has 0 spiro atoms. The molecule has 39 heavy (non-hydrogen) atoms. The number of benzene rings is 1. The van der Waals surface area contributed by atoms with E-state index in [1.807, 2.05) is 14.1 Å². The number of thiophene rings is 1. The molecule has 2 aliphatic rings. The van der Waals surface area contributed by atoms with E-state index >= 15 is 0 Å². The molecule has 1 saturated heterocycles. The van der Waals surface area contributed by atoms with Crippen molar-refractivity contribution >= 4 is 28.9 Å². The first-order chi connectivity index (χ1) is 18.5. The number of anilines is 2. The molecule has 3 N–H and O–H groups in total. The number of nitrogens with two attached hydrogens (primary N) is 1. The van der Waals surface area contributed by atoms with Crippen LogP contribution in [0.4, 0.5) is 24.8 Å². The van der Waals surface area contributed by atoms with E-state index in [1.165, 1.54) is 17.4 Å². The van der Waals surface area contributed by atoms with Crippen LogP contribution in [-0.2, 0) is 32.2 Å². The van der Waals surface area contributed by atoms with Crippen molar-refractivity contribution < 1.29 is 18.0 Å². The Kier molecular flexibility index (Phi) is 7.90. The van der Waals surface area contributed by atoms with Crippen LogP contribution in [-0.4, -0.2) is 70.3 Å². The number of amides is 1.